The van der Waals surface area contributed by atoms with Gasteiger partial charge in [-0.2, -0.15) is 4.31 Å². The van der Waals surface area contributed by atoms with Crippen LogP contribution in [0.15, 0.2) is 23.1 Å². The van der Waals surface area contributed by atoms with Crippen LogP contribution in [-0.2, 0) is 10.0 Å². The van der Waals surface area contributed by atoms with Crippen LogP contribution >= 0.6 is 0 Å². The first-order valence-electron chi connectivity index (χ1n) is 6.79. The van der Waals surface area contributed by atoms with E-state index in [4.69, 9.17) is 0 Å². The molecule has 2 aliphatic rings. The Kier molecular flexibility index (Phi) is 3.15. The highest BCUT2D eigenvalue weighted by Crippen LogP contribution is 2.32. The number of nitrogens with zero attached hydrogens (tertiary/aromatic N) is 1. The van der Waals surface area contributed by atoms with Gasteiger partial charge in [0.1, 0.15) is 0 Å². The number of hydrogen-bond acceptors (Lipinski definition) is 3. The molecule has 2 heterocycles. The third-order valence-electron chi connectivity index (χ3n) is 4.20. The average Bonchev–Trinajstić information content (AvgIpc) is 2.88. The Bertz CT molecular complexity index is 577. The Labute approximate surface area is 114 Å². The van der Waals surface area contributed by atoms with Crippen molar-refractivity contribution in [1.29, 1.82) is 0 Å². The average molecular weight is 280 g/mol. The minimum absolute atomic E-state index is 0.144. The summed E-state index contributed by atoms with van der Waals surface area (Å²) in [6.07, 6.45) is 0.974. The van der Waals surface area contributed by atoms with Crippen molar-refractivity contribution >= 4 is 10.0 Å². The summed E-state index contributed by atoms with van der Waals surface area (Å²) in [6, 6.07) is 5.70. The highest BCUT2D eigenvalue weighted by Gasteiger charge is 2.43. The summed E-state index contributed by atoms with van der Waals surface area (Å²) in [7, 11) is -3.34. The second-order valence-corrected chi connectivity index (χ2v) is 7.60. The number of fused-ring (bicyclic) bond motifs is 1. The Morgan fingerprint density at radius 1 is 1.16 bits per heavy atom. The standard InChI is InChI=1S/C14H20N2O2S/c1-10-5-11(2)7-13(6-10)19(17,18)16-4-3-12-8-15-9-14(12)16/h5-7,12,14-15H,3-4,8-9H2,1-2H3/t12-,14+/m0/s1. The topological polar surface area (TPSA) is 49.4 Å². The van der Waals surface area contributed by atoms with Crippen LogP contribution in [0.3, 0.4) is 0 Å². The van der Waals surface area contributed by atoms with Gasteiger partial charge in [-0.05, 0) is 56.0 Å². The first kappa shape index (κ1) is 13.1. The number of sulfonamides is 1. The van der Waals surface area contributed by atoms with Gasteiger partial charge in [0, 0.05) is 19.1 Å². The van der Waals surface area contributed by atoms with Gasteiger partial charge >= 0.3 is 0 Å². The molecule has 0 saturated carbocycles. The third kappa shape index (κ3) is 2.20. The smallest absolute Gasteiger partial charge is 0.243 e. The second kappa shape index (κ2) is 4.58. The maximum Gasteiger partial charge on any atom is 0.243 e. The van der Waals surface area contributed by atoms with Gasteiger partial charge in [0.2, 0.25) is 10.0 Å². The molecule has 0 unspecified atom stereocenters. The van der Waals surface area contributed by atoms with Crippen LogP contribution in [0.4, 0.5) is 0 Å². The lowest BCUT2D eigenvalue weighted by Gasteiger charge is -2.23. The lowest BCUT2D eigenvalue weighted by atomic mass is 10.1. The fraction of sp³-hybridized carbons (Fsp3) is 0.571. The molecule has 0 radical (unpaired) electrons. The van der Waals surface area contributed by atoms with Gasteiger partial charge in [-0.3, -0.25) is 0 Å². The first-order valence-corrected chi connectivity index (χ1v) is 8.23. The SMILES string of the molecule is Cc1cc(C)cc(S(=O)(=O)N2CC[C@H]3CNC[C@H]32)c1. The zero-order valence-corrected chi connectivity index (χ0v) is 12.2. The van der Waals surface area contributed by atoms with Gasteiger partial charge in [-0.1, -0.05) is 6.07 Å². The van der Waals surface area contributed by atoms with Crippen LogP contribution in [0.25, 0.3) is 0 Å². The molecule has 2 atom stereocenters. The van der Waals surface area contributed by atoms with Crippen LogP contribution in [0.5, 0.6) is 0 Å². The Morgan fingerprint density at radius 3 is 2.53 bits per heavy atom. The van der Waals surface area contributed by atoms with Crippen LogP contribution in [0.1, 0.15) is 17.5 Å². The molecule has 104 valence electrons. The summed E-state index contributed by atoms with van der Waals surface area (Å²) >= 11 is 0. The zero-order chi connectivity index (χ0) is 13.6. The molecule has 1 aromatic carbocycles. The van der Waals surface area contributed by atoms with Crippen molar-refractivity contribution in [2.24, 2.45) is 5.92 Å². The maximum atomic E-state index is 12.8. The van der Waals surface area contributed by atoms with Gasteiger partial charge in [0.15, 0.2) is 0 Å². The van der Waals surface area contributed by atoms with Gasteiger partial charge < -0.3 is 5.32 Å². The molecule has 2 aliphatic heterocycles. The largest absolute Gasteiger partial charge is 0.315 e. The number of aryl methyl sites for hydroxylation is 2. The van der Waals surface area contributed by atoms with E-state index in [1.54, 1.807) is 16.4 Å². The van der Waals surface area contributed by atoms with Crippen LogP contribution in [-0.4, -0.2) is 38.4 Å². The van der Waals surface area contributed by atoms with Crippen molar-refractivity contribution in [3.63, 3.8) is 0 Å². The van der Waals surface area contributed by atoms with Crippen LogP contribution in [0, 0.1) is 19.8 Å². The Balaban J connectivity index is 1.98. The van der Waals surface area contributed by atoms with E-state index < -0.39 is 10.0 Å². The second-order valence-electron chi connectivity index (χ2n) is 5.71. The number of rotatable bonds is 2. The van der Waals surface area contributed by atoms with E-state index in [9.17, 15) is 8.42 Å². The van der Waals surface area contributed by atoms with Crippen LogP contribution in [0.2, 0.25) is 0 Å². The summed E-state index contributed by atoms with van der Waals surface area (Å²) in [5.74, 6) is 0.487. The molecule has 3 rings (SSSR count). The van der Waals surface area contributed by atoms with Crippen molar-refractivity contribution in [2.45, 2.75) is 31.2 Å². The third-order valence-corrected chi connectivity index (χ3v) is 6.10. The van der Waals surface area contributed by atoms with Gasteiger partial charge in [-0.15, -0.1) is 0 Å². The fourth-order valence-electron chi connectivity index (χ4n) is 3.33. The van der Waals surface area contributed by atoms with Crippen LogP contribution < -0.4 is 5.32 Å². The van der Waals surface area contributed by atoms with Crippen molar-refractivity contribution in [2.75, 3.05) is 19.6 Å². The van der Waals surface area contributed by atoms with E-state index in [1.165, 1.54) is 0 Å². The van der Waals surface area contributed by atoms with E-state index in [0.717, 1.165) is 30.6 Å². The lowest BCUT2D eigenvalue weighted by molar-refractivity contribution is 0.383. The molecular formula is C14H20N2O2S. The fourth-order valence-corrected chi connectivity index (χ4v) is 5.21. The minimum atomic E-state index is -3.34. The van der Waals surface area contributed by atoms with E-state index in [0.29, 0.717) is 17.4 Å². The molecule has 1 aromatic rings. The minimum Gasteiger partial charge on any atom is -0.315 e. The summed E-state index contributed by atoms with van der Waals surface area (Å²) in [4.78, 5) is 0.442. The summed E-state index contributed by atoms with van der Waals surface area (Å²) < 4.78 is 27.3. The molecule has 0 bridgehead atoms. The molecule has 19 heavy (non-hydrogen) atoms. The van der Waals surface area contributed by atoms with E-state index in [2.05, 4.69) is 5.32 Å². The summed E-state index contributed by atoms with van der Waals surface area (Å²) in [5, 5.41) is 3.29. The number of benzene rings is 1. The monoisotopic (exact) mass is 280 g/mol. The molecule has 4 nitrogen and oxygen atoms in total. The highest BCUT2D eigenvalue weighted by atomic mass is 32.2. The molecule has 1 N–H and O–H groups in total. The molecule has 0 aliphatic carbocycles. The highest BCUT2D eigenvalue weighted by molar-refractivity contribution is 7.89. The Hall–Kier alpha value is -0.910. The number of hydrogen-bond donors (Lipinski definition) is 1. The predicted molar refractivity (Wildman–Crippen MR) is 74.6 cm³/mol. The molecule has 2 saturated heterocycles. The quantitative estimate of drug-likeness (QED) is 0.888. The normalized spacial score (nSPS) is 27.7. The van der Waals surface area contributed by atoms with E-state index in [-0.39, 0.29) is 6.04 Å². The number of nitrogens with one attached hydrogen (secondary N) is 1. The van der Waals surface area contributed by atoms with Crippen molar-refractivity contribution in [3.8, 4) is 0 Å². The van der Waals surface area contributed by atoms with E-state index in [1.807, 2.05) is 19.9 Å². The molecular weight excluding hydrogens is 260 g/mol. The van der Waals surface area contributed by atoms with Crippen molar-refractivity contribution in [3.05, 3.63) is 29.3 Å². The molecule has 5 heteroatoms. The first-order chi connectivity index (χ1) is 8.98. The zero-order valence-electron chi connectivity index (χ0n) is 11.4. The molecule has 2 fully saturated rings. The van der Waals surface area contributed by atoms with Gasteiger partial charge in [0.05, 0.1) is 4.90 Å². The molecule has 0 aromatic heterocycles. The Morgan fingerprint density at radius 2 is 1.84 bits per heavy atom. The van der Waals surface area contributed by atoms with Crippen molar-refractivity contribution < 1.29 is 8.42 Å². The summed E-state index contributed by atoms with van der Waals surface area (Å²) in [6.45, 7) is 6.27. The van der Waals surface area contributed by atoms with Gasteiger partial charge in [-0.25, -0.2) is 8.42 Å². The molecule has 0 spiro atoms. The lowest BCUT2D eigenvalue weighted by Crippen LogP contribution is -2.39. The maximum absolute atomic E-state index is 12.8. The van der Waals surface area contributed by atoms with Gasteiger partial charge in [0.25, 0.3) is 0 Å². The molecule has 0 amide bonds. The van der Waals surface area contributed by atoms with Crippen molar-refractivity contribution in [1.82, 2.24) is 9.62 Å². The summed E-state index contributed by atoms with van der Waals surface area (Å²) in [5.41, 5.74) is 2.00. The predicted octanol–water partition coefficient (Wildman–Crippen LogP) is 1.29. The van der Waals surface area contributed by atoms with E-state index >= 15 is 0 Å².